The molecule has 0 aromatic heterocycles. The van der Waals surface area contributed by atoms with Crippen LogP contribution in [0.15, 0.2) is 23.1 Å². The van der Waals surface area contributed by atoms with Crippen LogP contribution < -0.4 is 5.32 Å². The number of hydrogen-bond donors (Lipinski definition) is 1. The lowest BCUT2D eigenvalue weighted by molar-refractivity contribution is -0.113. The summed E-state index contributed by atoms with van der Waals surface area (Å²) in [7, 11) is 0. The second-order valence-electron chi connectivity index (χ2n) is 4.36. The molecule has 0 radical (unpaired) electrons. The number of carbonyl (C=O) groups excluding carboxylic acids is 1. The molecule has 2 nitrogen and oxygen atoms in total. The first-order valence-corrected chi connectivity index (χ1v) is 7.47. The number of thioether (sulfide) groups is 1. The maximum atomic E-state index is 13.4. The third-order valence-electron chi connectivity index (χ3n) is 2.72. The fraction of sp³-hybridized carbons (Fsp3) is 0.0714. The molecule has 0 saturated heterocycles. The molecule has 0 aliphatic carbocycles. The van der Waals surface area contributed by atoms with Gasteiger partial charge in [-0.25, -0.2) is 26.3 Å². The first-order valence-electron chi connectivity index (χ1n) is 6.11. The summed E-state index contributed by atoms with van der Waals surface area (Å²) in [6, 6.07) is 3.26. The molecule has 0 aliphatic heterocycles. The van der Waals surface area contributed by atoms with Crippen molar-refractivity contribution in [2.24, 2.45) is 0 Å². The van der Waals surface area contributed by atoms with Gasteiger partial charge in [0.15, 0.2) is 23.3 Å². The summed E-state index contributed by atoms with van der Waals surface area (Å²) in [4.78, 5) is 10.5. The van der Waals surface area contributed by atoms with E-state index in [0.717, 1.165) is 12.1 Å². The Kier molecular flexibility index (Phi) is 5.66. The topological polar surface area (TPSA) is 29.1 Å². The van der Waals surface area contributed by atoms with Gasteiger partial charge in [0.25, 0.3) is 0 Å². The minimum absolute atomic E-state index is 0.101. The second-order valence-corrected chi connectivity index (χ2v) is 5.76. The molecular formula is C14H6ClF6NOS. The molecular weight excluding hydrogens is 380 g/mol. The third kappa shape index (κ3) is 3.78. The molecule has 0 spiro atoms. The van der Waals surface area contributed by atoms with Crippen LogP contribution >= 0.6 is 23.4 Å². The molecule has 1 amide bonds. The summed E-state index contributed by atoms with van der Waals surface area (Å²) in [5.74, 6) is -12.7. The number of halogens is 7. The van der Waals surface area contributed by atoms with Gasteiger partial charge in [-0.05, 0) is 18.2 Å². The van der Waals surface area contributed by atoms with Crippen molar-refractivity contribution < 1.29 is 31.1 Å². The maximum Gasteiger partial charge on any atom is 0.234 e. The van der Waals surface area contributed by atoms with E-state index in [9.17, 15) is 31.1 Å². The predicted octanol–water partition coefficient (Wildman–Crippen LogP) is 4.91. The first kappa shape index (κ1) is 18.5. The number of anilines is 1. The van der Waals surface area contributed by atoms with Crippen LogP contribution in [0.1, 0.15) is 0 Å². The highest BCUT2D eigenvalue weighted by atomic mass is 35.5. The van der Waals surface area contributed by atoms with Crippen LogP contribution in [-0.2, 0) is 4.79 Å². The number of hydrogen-bond acceptors (Lipinski definition) is 2. The summed E-state index contributed by atoms with van der Waals surface area (Å²) < 4.78 is 78.8. The van der Waals surface area contributed by atoms with Gasteiger partial charge in [0, 0.05) is 5.69 Å². The van der Waals surface area contributed by atoms with Crippen LogP contribution in [0.25, 0.3) is 0 Å². The molecule has 0 atom stereocenters. The fourth-order valence-electron chi connectivity index (χ4n) is 1.62. The van der Waals surface area contributed by atoms with Gasteiger partial charge in [0.05, 0.1) is 15.7 Å². The Balaban J connectivity index is 2.11. The van der Waals surface area contributed by atoms with E-state index in [2.05, 4.69) is 5.32 Å². The van der Waals surface area contributed by atoms with Crippen LogP contribution in [0, 0.1) is 34.9 Å². The number of rotatable bonds is 4. The Bertz CT molecular complexity index is 787. The highest BCUT2D eigenvalue weighted by Crippen LogP contribution is 2.31. The van der Waals surface area contributed by atoms with E-state index in [1.54, 1.807) is 0 Å². The van der Waals surface area contributed by atoms with Gasteiger partial charge in [0.2, 0.25) is 11.7 Å². The summed E-state index contributed by atoms with van der Waals surface area (Å²) in [5.41, 5.74) is 0.101. The Morgan fingerprint density at radius 1 is 0.958 bits per heavy atom. The highest BCUT2D eigenvalue weighted by molar-refractivity contribution is 8.00. The van der Waals surface area contributed by atoms with E-state index in [0.29, 0.717) is 0 Å². The van der Waals surface area contributed by atoms with Gasteiger partial charge in [-0.2, -0.15) is 0 Å². The van der Waals surface area contributed by atoms with Crippen LogP contribution in [0.3, 0.4) is 0 Å². The van der Waals surface area contributed by atoms with Crippen molar-refractivity contribution in [3.8, 4) is 0 Å². The summed E-state index contributed by atoms with van der Waals surface area (Å²) in [5, 5.41) is 1.98. The molecule has 0 saturated carbocycles. The van der Waals surface area contributed by atoms with Crippen molar-refractivity contribution in [2.75, 3.05) is 11.1 Å². The zero-order chi connectivity index (χ0) is 18.0. The minimum atomic E-state index is -2.28. The molecule has 10 heteroatoms. The normalized spacial score (nSPS) is 10.8. The third-order valence-corrected chi connectivity index (χ3v) is 4.06. The molecule has 0 fully saturated rings. The largest absolute Gasteiger partial charge is 0.325 e. The van der Waals surface area contributed by atoms with E-state index >= 15 is 0 Å². The van der Waals surface area contributed by atoms with Crippen molar-refractivity contribution in [1.29, 1.82) is 0 Å². The number of nitrogens with one attached hydrogen (secondary N) is 1. The van der Waals surface area contributed by atoms with Gasteiger partial charge in [0.1, 0.15) is 5.82 Å². The van der Waals surface area contributed by atoms with E-state index < -0.39 is 51.5 Å². The Hall–Kier alpha value is -1.87. The molecule has 0 heterocycles. The van der Waals surface area contributed by atoms with Crippen LogP contribution in [-0.4, -0.2) is 11.7 Å². The highest BCUT2D eigenvalue weighted by Gasteiger charge is 2.26. The molecule has 1 N–H and O–H groups in total. The van der Waals surface area contributed by atoms with E-state index in [-0.39, 0.29) is 22.5 Å². The van der Waals surface area contributed by atoms with Crippen LogP contribution in [0.4, 0.5) is 32.0 Å². The molecule has 24 heavy (non-hydrogen) atoms. The molecule has 2 rings (SSSR count). The summed E-state index contributed by atoms with van der Waals surface area (Å²) in [6.07, 6.45) is 0. The van der Waals surface area contributed by atoms with Gasteiger partial charge < -0.3 is 5.32 Å². The second kappa shape index (κ2) is 7.35. The zero-order valence-corrected chi connectivity index (χ0v) is 13.0. The van der Waals surface area contributed by atoms with E-state index in [4.69, 9.17) is 11.6 Å². The Morgan fingerprint density at radius 3 is 2.04 bits per heavy atom. The van der Waals surface area contributed by atoms with Crippen molar-refractivity contribution in [1.82, 2.24) is 0 Å². The average molecular weight is 386 g/mol. The number of carbonyl (C=O) groups is 1. The predicted molar refractivity (Wildman–Crippen MR) is 77.0 cm³/mol. The monoisotopic (exact) mass is 385 g/mol. The zero-order valence-electron chi connectivity index (χ0n) is 11.4. The smallest absolute Gasteiger partial charge is 0.234 e. The van der Waals surface area contributed by atoms with Crippen LogP contribution in [0.5, 0.6) is 0 Å². The van der Waals surface area contributed by atoms with Gasteiger partial charge in [-0.1, -0.05) is 11.6 Å². The summed E-state index contributed by atoms with van der Waals surface area (Å²) in [6.45, 7) is 0. The molecule has 0 unspecified atom stereocenters. The Labute approximate surface area is 140 Å². The lowest BCUT2D eigenvalue weighted by Gasteiger charge is -2.09. The number of benzene rings is 2. The van der Waals surface area contributed by atoms with Crippen molar-refractivity contribution in [3.05, 3.63) is 58.1 Å². The summed E-state index contributed by atoms with van der Waals surface area (Å²) >= 11 is 5.64. The van der Waals surface area contributed by atoms with Crippen molar-refractivity contribution >= 4 is 35.0 Å². The lowest BCUT2D eigenvalue weighted by atomic mass is 10.3. The van der Waals surface area contributed by atoms with Crippen molar-refractivity contribution in [3.63, 3.8) is 0 Å². The lowest BCUT2D eigenvalue weighted by Crippen LogP contribution is -2.15. The van der Waals surface area contributed by atoms with Gasteiger partial charge >= 0.3 is 0 Å². The van der Waals surface area contributed by atoms with Crippen LogP contribution in [0.2, 0.25) is 5.02 Å². The molecule has 128 valence electrons. The average Bonchev–Trinajstić information content (AvgIpc) is 2.54. The molecule has 0 aliphatic rings. The quantitative estimate of drug-likeness (QED) is 0.351. The standard InChI is InChI=1S/C14H6ClF6NOS/c15-6-3-5(1-2-7(6)16)22-8(23)4-24-14-12(20)10(18)9(17)11(19)13(14)21/h1-3H,4H2,(H,22,23). The van der Waals surface area contributed by atoms with E-state index in [1.165, 1.54) is 6.07 Å². The maximum absolute atomic E-state index is 13.4. The molecule has 2 aromatic rings. The van der Waals surface area contributed by atoms with Gasteiger partial charge in [-0.15, -0.1) is 11.8 Å². The molecule has 2 aromatic carbocycles. The first-order chi connectivity index (χ1) is 11.2. The number of amides is 1. The van der Waals surface area contributed by atoms with E-state index in [1.807, 2.05) is 0 Å². The Morgan fingerprint density at radius 2 is 1.50 bits per heavy atom. The van der Waals surface area contributed by atoms with Crippen molar-refractivity contribution in [2.45, 2.75) is 4.90 Å². The van der Waals surface area contributed by atoms with Gasteiger partial charge in [-0.3, -0.25) is 4.79 Å². The minimum Gasteiger partial charge on any atom is -0.325 e. The molecule has 0 bridgehead atoms. The SMILES string of the molecule is O=C(CSc1c(F)c(F)c(F)c(F)c1F)Nc1ccc(F)c(Cl)c1. The fourth-order valence-corrected chi connectivity index (χ4v) is 2.58.